The summed E-state index contributed by atoms with van der Waals surface area (Å²) in [5.74, 6) is -0.555. The predicted molar refractivity (Wildman–Crippen MR) is 67.1 cm³/mol. The fraction of sp³-hybridized carbons (Fsp3) is 0.462. The number of halogens is 2. The van der Waals surface area contributed by atoms with Crippen LogP contribution in [0, 0.1) is 11.7 Å². The lowest BCUT2D eigenvalue weighted by Gasteiger charge is -2.31. The fourth-order valence-electron chi connectivity index (χ4n) is 2.16. The number of amides is 1. The molecule has 2 rings (SSSR count). The Morgan fingerprint density at radius 1 is 1.44 bits per heavy atom. The molecule has 0 atom stereocenters. The van der Waals surface area contributed by atoms with E-state index in [9.17, 15) is 9.18 Å². The van der Waals surface area contributed by atoms with Crippen LogP contribution in [0.25, 0.3) is 0 Å². The Morgan fingerprint density at radius 2 is 2.11 bits per heavy atom. The third-order valence-corrected chi connectivity index (χ3v) is 3.73. The van der Waals surface area contributed by atoms with Gasteiger partial charge in [0.2, 0.25) is 0 Å². The number of piperidine rings is 1. The van der Waals surface area contributed by atoms with Crippen molar-refractivity contribution in [2.75, 3.05) is 19.7 Å². The van der Waals surface area contributed by atoms with E-state index in [1.165, 1.54) is 18.2 Å². The molecule has 0 aliphatic carbocycles. The van der Waals surface area contributed by atoms with Crippen molar-refractivity contribution in [1.29, 1.82) is 0 Å². The first-order valence-electron chi connectivity index (χ1n) is 5.97. The van der Waals surface area contributed by atoms with Gasteiger partial charge in [0.15, 0.2) is 0 Å². The molecule has 0 unspecified atom stereocenters. The van der Waals surface area contributed by atoms with Crippen molar-refractivity contribution in [3.63, 3.8) is 0 Å². The molecule has 18 heavy (non-hydrogen) atoms. The summed E-state index contributed by atoms with van der Waals surface area (Å²) >= 11 is 5.80. The highest BCUT2D eigenvalue weighted by molar-refractivity contribution is 6.34. The number of rotatable bonds is 2. The zero-order chi connectivity index (χ0) is 13.1. The smallest absolute Gasteiger partial charge is 0.255 e. The molecule has 0 saturated carbocycles. The molecule has 1 aromatic rings. The highest BCUT2D eigenvalue weighted by atomic mass is 35.5. The molecule has 0 spiro atoms. The summed E-state index contributed by atoms with van der Waals surface area (Å²) in [6.45, 7) is 1.32. The lowest BCUT2D eigenvalue weighted by atomic mass is 9.97. The second-order valence-electron chi connectivity index (χ2n) is 4.52. The number of aliphatic hydroxyl groups excluding tert-OH is 1. The van der Waals surface area contributed by atoms with Gasteiger partial charge in [0.25, 0.3) is 5.91 Å². The van der Waals surface area contributed by atoms with Gasteiger partial charge in [0.1, 0.15) is 5.82 Å². The maximum Gasteiger partial charge on any atom is 0.255 e. The van der Waals surface area contributed by atoms with E-state index in [1.54, 1.807) is 4.90 Å². The maximum atomic E-state index is 13.3. The number of likely N-dealkylation sites (tertiary alicyclic amines) is 1. The lowest BCUT2D eigenvalue weighted by molar-refractivity contribution is 0.0650. The van der Waals surface area contributed by atoms with Crippen molar-refractivity contribution in [1.82, 2.24) is 4.90 Å². The minimum absolute atomic E-state index is 0.119. The first kappa shape index (κ1) is 13.3. The molecule has 1 heterocycles. The van der Waals surface area contributed by atoms with E-state index in [2.05, 4.69) is 0 Å². The van der Waals surface area contributed by atoms with Gasteiger partial charge in [-0.2, -0.15) is 0 Å². The fourth-order valence-corrected chi connectivity index (χ4v) is 2.36. The molecule has 0 bridgehead atoms. The van der Waals surface area contributed by atoms with Crippen LogP contribution in [0.1, 0.15) is 23.2 Å². The van der Waals surface area contributed by atoms with Crippen molar-refractivity contribution >= 4 is 17.5 Å². The SMILES string of the molecule is O=C(c1cccc(F)c1Cl)N1CCC(CO)CC1. The maximum absolute atomic E-state index is 13.3. The molecule has 1 aliphatic rings. The van der Waals surface area contributed by atoms with Crippen LogP contribution in [0.2, 0.25) is 5.02 Å². The first-order valence-corrected chi connectivity index (χ1v) is 6.35. The zero-order valence-electron chi connectivity index (χ0n) is 9.90. The molecule has 1 fully saturated rings. The predicted octanol–water partition coefficient (Wildman–Crippen LogP) is 2.32. The summed E-state index contributed by atoms with van der Waals surface area (Å²) in [7, 11) is 0. The van der Waals surface area contributed by atoms with Gasteiger partial charge in [0.05, 0.1) is 10.6 Å². The van der Waals surface area contributed by atoms with Crippen LogP contribution in [0.4, 0.5) is 4.39 Å². The van der Waals surface area contributed by atoms with Crippen LogP contribution in [-0.4, -0.2) is 35.6 Å². The van der Waals surface area contributed by atoms with Crippen LogP contribution in [-0.2, 0) is 0 Å². The molecule has 1 aromatic carbocycles. The van der Waals surface area contributed by atoms with Gasteiger partial charge in [0, 0.05) is 19.7 Å². The number of carbonyl (C=O) groups excluding carboxylic acids is 1. The van der Waals surface area contributed by atoms with E-state index in [0.717, 1.165) is 12.8 Å². The van der Waals surface area contributed by atoms with E-state index in [1.807, 2.05) is 0 Å². The van der Waals surface area contributed by atoms with Crippen LogP contribution in [0.15, 0.2) is 18.2 Å². The van der Waals surface area contributed by atoms with Gasteiger partial charge in [-0.3, -0.25) is 4.79 Å². The molecule has 1 aliphatic heterocycles. The second-order valence-corrected chi connectivity index (χ2v) is 4.90. The standard InChI is InChI=1S/C13H15ClFNO2/c14-12-10(2-1-3-11(12)15)13(18)16-6-4-9(8-17)5-7-16/h1-3,9,17H,4-8H2. The largest absolute Gasteiger partial charge is 0.396 e. The van der Waals surface area contributed by atoms with Gasteiger partial charge in [-0.1, -0.05) is 17.7 Å². The molecule has 1 amide bonds. The average Bonchev–Trinajstić information content (AvgIpc) is 2.41. The number of hydrogen-bond donors (Lipinski definition) is 1. The third-order valence-electron chi connectivity index (χ3n) is 3.34. The molecular weight excluding hydrogens is 257 g/mol. The van der Waals surface area contributed by atoms with Crippen LogP contribution in [0.5, 0.6) is 0 Å². The Bertz CT molecular complexity index is 445. The van der Waals surface area contributed by atoms with Gasteiger partial charge in [-0.15, -0.1) is 0 Å². The van der Waals surface area contributed by atoms with Crippen molar-refractivity contribution in [3.05, 3.63) is 34.6 Å². The van der Waals surface area contributed by atoms with E-state index in [4.69, 9.17) is 16.7 Å². The summed E-state index contributed by atoms with van der Waals surface area (Å²) in [6, 6.07) is 4.25. The number of benzene rings is 1. The summed E-state index contributed by atoms with van der Waals surface area (Å²) in [6.07, 6.45) is 1.55. The first-order chi connectivity index (χ1) is 8.63. The summed E-state index contributed by atoms with van der Waals surface area (Å²) in [5.41, 5.74) is 0.208. The summed E-state index contributed by atoms with van der Waals surface area (Å²) in [5, 5.41) is 8.92. The van der Waals surface area contributed by atoms with E-state index in [-0.39, 0.29) is 29.0 Å². The quantitative estimate of drug-likeness (QED) is 0.897. The van der Waals surface area contributed by atoms with Crippen molar-refractivity contribution < 1.29 is 14.3 Å². The second kappa shape index (κ2) is 5.67. The Hall–Kier alpha value is -1.13. The summed E-state index contributed by atoms with van der Waals surface area (Å²) in [4.78, 5) is 13.8. The lowest BCUT2D eigenvalue weighted by Crippen LogP contribution is -2.39. The summed E-state index contributed by atoms with van der Waals surface area (Å²) < 4.78 is 13.3. The van der Waals surface area contributed by atoms with Gasteiger partial charge in [-0.05, 0) is 30.9 Å². The van der Waals surface area contributed by atoms with Gasteiger partial charge >= 0.3 is 0 Å². The van der Waals surface area contributed by atoms with Gasteiger partial charge < -0.3 is 10.0 Å². The highest BCUT2D eigenvalue weighted by Crippen LogP contribution is 2.24. The average molecular weight is 272 g/mol. The number of hydrogen-bond acceptors (Lipinski definition) is 2. The number of nitrogens with zero attached hydrogens (tertiary/aromatic N) is 1. The molecular formula is C13H15ClFNO2. The Morgan fingerprint density at radius 3 is 2.72 bits per heavy atom. The number of carbonyl (C=O) groups is 1. The zero-order valence-corrected chi connectivity index (χ0v) is 10.7. The molecule has 3 nitrogen and oxygen atoms in total. The monoisotopic (exact) mass is 271 g/mol. The molecule has 5 heteroatoms. The number of aliphatic hydroxyl groups is 1. The van der Waals surface area contributed by atoms with Gasteiger partial charge in [-0.25, -0.2) is 4.39 Å². The minimum atomic E-state index is -0.576. The molecule has 1 N–H and O–H groups in total. The van der Waals surface area contributed by atoms with E-state index < -0.39 is 5.82 Å². The Kier molecular flexibility index (Phi) is 4.19. The molecule has 1 saturated heterocycles. The Balaban J connectivity index is 2.10. The van der Waals surface area contributed by atoms with Crippen LogP contribution >= 0.6 is 11.6 Å². The normalized spacial score (nSPS) is 16.9. The van der Waals surface area contributed by atoms with Crippen LogP contribution in [0.3, 0.4) is 0 Å². The van der Waals surface area contributed by atoms with E-state index in [0.29, 0.717) is 13.1 Å². The van der Waals surface area contributed by atoms with E-state index >= 15 is 0 Å². The minimum Gasteiger partial charge on any atom is -0.396 e. The highest BCUT2D eigenvalue weighted by Gasteiger charge is 2.25. The molecule has 0 radical (unpaired) electrons. The van der Waals surface area contributed by atoms with Crippen molar-refractivity contribution in [2.24, 2.45) is 5.92 Å². The third kappa shape index (κ3) is 2.65. The van der Waals surface area contributed by atoms with Crippen molar-refractivity contribution in [3.8, 4) is 0 Å². The molecule has 98 valence electrons. The topological polar surface area (TPSA) is 40.5 Å². The van der Waals surface area contributed by atoms with Crippen molar-refractivity contribution in [2.45, 2.75) is 12.8 Å². The Labute approximate surface area is 110 Å². The molecule has 0 aromatic heterocycles. The van der Waals surface area contributed by atoms with Crippen LogP contribution < -0.4 is 0 Å².